The number of hydrogen-bond donors (Lipinski definition) is 1. The number of thiophene rings is 1. The summed E-state index contributed by atoms with van der Waals surface area (Å²) in [5.74, 6) is 0.536. The summed E-state index contributed by atoms with van der Waals surface area (Å²) >= 11 is 1.64. The van der Waals surface area contributed by atoms with Crippen molar-refractivity contribution in [3.05, 3.63) is 21.4 Å². The van der Waals surface area contributed by atoms with Crippen LogP contribution in [0.3, 0.4) is 0 Å². The van der Waals surface area contributed by atoms with Gasteiger partial charge in [0.25, 0.3) is 5.91 Å². The fourth-order valence-electron chi connectivity index (χ4n) is 3.23. The zero-order valence-corrected chi connectivity index (χ0v) is 13.7. The number of fused-ring (bicyclic) bond motifs is 1. The number of aliphatic hydroxyl groups is 1. The van der Waals surface area contributed by atoms with Crippen LogP contribution in [0.4, 0.5) is 0 Å². The monoisotopic (exact) mass is 322 g/mol. The van der Waals surface area contributed by atoms with E-state index in [1.54, 1.807) is 16.2 Å². The van der Waals surface area contributed by atoms with Gasteiger partial charge < -0.3 is 14.9 Å². The standard InChI is InChI=1S/C16H22N2O3S/c1-11-2-3-13-12(8-11)9-14(22-13)16(21)18-6-4-17(5-7-18)15(20)10-19/h9,11,19H,2-8,10H2,1H3. The number of carbonyl (C=O) groups excluding carboxylic acids is 2. The lowest BCUT2D eigenvalue weighted by atomic mass is 9.90. The summed E-state index contributed by atoms with van der Waals surface area (Å²) in [5, 5.41) is 8.88. The normalized spacial score (nSPS) is 21.6. The van der Waals surface area contributed by atoms with Crippen molar-refractivity contribution in [2.45, 2.75) is 26.2 Å². The van der Waals surface area contributed by atoms with Crippen molar-refractivity contribution in [1.29, 1.82) is 0 Å². The smallest absolute Gasteiger partial charge is 0.264 e. The average Bonchev–Trinajstić information content (AvgIpc) is 2.96. The van der Waals surface area contributed by atoms with Crippen LogP contribution in [-0.4, -0.2) is 59.5 Å². The van der Waals surface area contributed by atoms with Crippen molar-refractivity contribution in [3.63, 3.8) is 0 Å². The van der Waals surface area contributed by atoms with Crippen LogP contribution >= 0.6 is 11.3 Å². The van der Waals surface area contributed by atoms with Crippen molar-refractivity contribution >= 4 is 23.2 Å². The number of rotatable bonds is 2. The molecule has 5 nitrogen and oxygen atoms in total. The van der Waals surface area contributed by atoms with Crippen molar-refractivity contribution in [3.8, 4) is 0 Å². The van der Waals surface area contributed by atoms with Crippen LogP contribution < -0.4 is 0 Å². The number of carbonyl (C=O) groups is 2. The molecule has 6 heteroatoms. The van der Waals surface area contributed by atoms with Crippen LogP contribution in [0.15, 0.2) is 6.07 Å². The van der Waals surface area contributed by atoms with E-state index < -0.39 is 6.61 Å². The topological polar surface area (TPSA) is 60.9 Å². The minimum absolute atomic E-state index is 0.0863. The number of aryl methyl sites for hydroxylation is 1. The van der Waals surface area contributed by atoms with E-state index in [9.17, 15) is 9.59 Å². The molecule has 3 rings (SSSR count). The van der Waals surface area contributed by atoms with Crippen molar-refractivity contribution in [2.24, 2.45) is 5.92 Å². The van der Waals surface area contributed by atoms with Gasteiger partial charge in [-0.2, -0.15) is 0 Å². The predicted molar refractivity (Wildman–Crippen MR) is 85.1 cm³/mol. The van der Waals surface area contributed by atoms with Gasteiger partial charge in [0.15, 0.2) is 0 Å². The summed E-state index contributed by atoms with van der Waals surface area (Å²) in [5.41, 5.74) is 1.35. The molecule has 2 amide bonds. The number of hydrogen-bond acceptors (Lipinski definition) is 4. The van der Waals surface area contributed by atoms with E-state index in [2.05, 4.69) is 13.0 Å². The minimum atomic E-state index is -0.455. The van der Waals surface area contributed by atoms with Crippen LogP contribution in [0.5, 0.6) is 0 Å². The molecule has 2 heterocycles. The van der Waals surface area contributed by atoms with Gasteiger partial charge in [0, 0.05) is 31.1 Å². The molecular weight excluding hydrogens is 300 g/mol. The second-order valence-electron chi connectivity index (χ2n) is 6.24. The first-order chi connectivity index (χ1) is 10.6. The Kier molecular flexibility index (Phi) is 4.49. The molecule has 2 aliphatic rings. The maximum Gasteiger partial charge on any atom is 0.264 e. The highest BCUT2D eigenvalue weighted by Crippen LogP contribution is 2.32. The Morgan fingerprint density at radius 1 is 1.27 bits per heavy atom. The molecule has 1 atom stereocenters. The third-order valence-electron chi connectivity index (χ3n) is 4.59. The molecule has 1 saturated heterocycles. The van der Waals surface area contributed by atoms with Gasteiger partial charge in [-0.1, -0.05) is 6.92 Å². The molecule has 120 valence electrons. The average molecular weight is 322 g/mol. The summed E-state index contributed by atoms with van der Waals surface area (Å²) < 4.78 is 0. The number of piperazine rings is 1. The van der Waals surface area contributed by atoms with Gasteiger partial charge in [-0.05, 0) is 36.8 Å². The van der Waals surface area contributed by atoms with Crippen LogP contribution in [-0.2, 0) is 17.6 Å². The van der Waals surface area contributed by atoms with Gasteiger partial charge >= 0.3 is 0 Å². The summed E-state index contributed by atoms with van der Waals surface area (Å²) in [6, 6.07) is 2.07. The Labute approximate surface area is 134 Å². The molecule has 1 aromatic heterocycles. The summed E-state index contributed by atoms with van der Waals surface area (Å²) in [6.45, 7) is 3.91. The molecule has 1 unspecified atom stereocenters. The van der Waals surface area contributed by atoms with Crippen LogP contribution in [0, 0.1) is 5.92 Å². The van der Waals surface area contributed by atoms with Gasteiger partial charge in [0.05, 0.1) is 4.88 Å². The van der Waals surface area contributed by atoms with E-state index in [0.717, 1.165) is 17.7 Å². The van der Waals surface area contributed by atoms with Crippen molar-refractivity contribution in [2.75, 3.05) is 32.8 Å². The molecule has 0 aromatic carbocycles. The highest BCUT2D eigenvalue weighted by molar-refractivity contribution is 7.14. The molecule has 0 radical (unpaired) electrons. The lowest BCUT2D eigenvalue weighted by molar-refractivity contribution is -0.135. The van der Waals surface area contributed by atoms with E-state index in [0.29, 0.717) is 32.1 Å². The van der Waals surface area contributed by atoms with E-state index in [1.165, 1.54) is 16.9 Å². The lowest BCUT2D eigenvalue weighted by Gasteiger charge is -2.34. The fraction of sp³-hybridized carbons (Fsp3) is 0.625. The molecule has 0 bridgehead atoms. The van der Waals surface area contributed by atoms with Crippen molar-refractivity contribution < 1.29 is 14.7 Å². The maximum atomic E-state index is 12.6. The molecule has 1 aliphatic carbocycles. The van der Waals surface area contributed by atoms with E-state index in [4.69, 9.17) is 5.11 Å². The minimum Gasteiger partial charge on any atom is -0.387 e. The van der Waals surface area contributed by atoms with Crippen LogP contribution in [0.2, 0.25) is 0 Å². The van der Waals surface area contributed by atoms with Crippen LogP contribution in [0.25, 0.3) is 0 Å². The highest BCUT2D eigenvalue weighted by Gasteiger charge is 2.27. The maximum absolute atomic E-state index is 12.6. The summed E-state index contributed by atoms with van der Waals surface area (Å²) in [7, 11) is 0. The molecule has 0 saturated carbocycles. The number of aliphatic hydroxyl groups excluding tert-OH is 1. The quantitative estimate of drug-likeness (QED) is 0.888. The number of amides is 2. The summed E-state index contributed by atoms with van der Waals surface area (Å²) in [4.78, 5) is 29.7. The molecule has 22 heavy (non-hydrogen) atoms. The Balaban J connectivity index is 1.64. The first-order valence-corrected chi connectivity index (χ1v) is 8.69. The lowest BCUT2D eigenvalue weighted by Crippen LogP contribution is -2.51. The second kappa shape index (κ2) is 6.38. The first-order valence-electron chi connectivity index (χ1n) is 7.88. The van der Waals surface area contributed by atoms with Gasteiger partial charge in [0.2, 0.25) is 5.91 Å². The summed E-state index contributed by atoms with van der Waals surface area (Å²) in [6.07, 6.45) is 3.38. The first kappa shape index (κ1) is 15.5. The Morgan fingerprint density at radius 2 is 1.95 bits per heavy atom. The molecule has 1 N–H and O–H groups in total. The predicted octanol–water partition coefficient (Wildman–Crippen LogP) is 1.15. The third-order valence-corrected chi connectivity index (χ3v) is 5.82. The van der Waals surface area contributed by atoms with Crippen LogP contribution in [0.1, 0.15) is 33.5 Å². The molecular formula is C16H22N2O3S. The molecule has 1 fully saturated rings. The van der Waals surface area contributed by atoms with Gasteiger partial charge in [-0.15, -0.1) is 11.3 Å². The van der Waals surface area contributed by atoms with Gasteiger partial charge in [0.1, 0.15) is 6.61 Å². The van der Waals surface area contributed by atoms with Crippen molar-refractivity contribution in [1.82, 2.24) is 9.80 Å². The second-order valence-corrected chi connectivity index (χ2v) is 7.37. The zero-order chi connectivity index (χ0) is 15.7. The third kappa shape index (κ3) is 3.03. The van der Waals surface area contributed by atoms with E-state index in [-0.39, 0.29) is 11.8 Å². The van der Waals surface area contributed by atoms with Gasteiger partial charge in [-0.25, -0.2) is 0 Å². The molecule has 0 spiro atoms. The largest absolute Gasteiger partial charge is 0.387 e. The molecule has 1 aromatic rings. The molecule has 1 aliphatic heterocycles. The highest BCUT2D eigenvalue weighted by atomic mass is 32.1. The Bertz CT molecular complexity index is 576. The Hall–Kier alpha value is -1.40. The zero-order valence-electron chi connectivity index (χ0n) is 12.9. The number of nitrogens with zero attached hydrogens (tertiary/aromatic N) is 2. The van der Waals surface area contributed by atoms with E-state index >= 15 is 0 Å². The SMILES string of the molecule is CC1CCc2sc(C(=O)N3CCN(C(=O)CO)CC3)cc2C1. The van der Waals surface area contributed by atoms with E-state index in [1.807, 2.05) is 4.90 Å². The Morgan fingerprint density at radius 3 is 2.64 bits per heavy atom. The van der Waals surface area contributed by atoms with Gasteiger partial charge in [-0.3, -0.25) is 9.59 Å². The fourth-order valence-corrected chi connectivity index (χ4v) is 4.40.